The van der Waals surface area contributed by atoms with Crippen LogP contribution in [0.25, 0.3) is 0 Å². The molecule has 17 heavy (non-hydrogen) atoms. The van der Waals surface area contributed by atoms with Gasteiger partial charge in [-0.1, -0.05) is 0 Å². The fourth-order valence-electron chi connectivity index (χ4n) is 1.46. The van der Waals surface area contributed by atoms with Crippen LogP contribution in [-0.4, -0.2) is 16.7 Å². The van der Waals surface area contributed by atoms with Crippen LogP contribution in [0.5, 0.6) is 0 Å². The highest BCUT2D eigenvalue weighted by atomic mass is 16.1. The van der Waals surface area contributed by atoms with Crippen molar-refractivity contribution in [2.45, 2.75) is 6.92 Å². The largest absolute Gasteiger partial charge is 0.367 e. The molecule has 2 rings (SSSR count). The number of H-pyrrole nitrogens is 1. The van der Waals surface area contributed by atoms with Gasteiger partial charge < -0.3 is 10.3 Å². The van der Waals surface area contributed by atoms with Gasteiger partial charge in [0.15, 0.2) is 5.78 Å². The third kappa shape index (κ3) is 2.60. The summed E-state index contributed by atoms with van der Waals surface area (Å²) in [6.45, 7) is 1.51. The summed E-state index contributed by atoms with van der Waals surface area (Å²) in [6, 6.07) is 8.49. The number of nitrogens with one attached hydrogen (secondary N) is 2. The second kappa shape index (κ2) is 4.65. The fraction of sp³-hybridized carbons (Fsp3) is 0.0769. The summed E-state index contributed by atoms with van der Waals surface area (Å²) in [7, 11) is 0. The zero-order chi connectivity index (χ0) is 12.3. The summed E-state index contributed by atoms with van der Waals surface area (Å²) < 4.78 is 0. The number of rotatable bonds is 3. The van der Waals surface area contributed by atoms with Gasteiger partial charge in [-0.3, -0.25) is 9.59 Å². The van der Waals surface area contributed by atoms with Crippen molar-refractivity contribution < 1.29 is 9.59 Å². The number of benzene rings is 1. The highest BCUT2D eigenvalue weighted by Gasteiger charge is 2.06. The van der Waals surface area contributed by atoms with E-state index >= 15 is 0 Å². The second-order valence-electron chi connectivity index (χ2n) is 3.69. The molecule has 86 valence electrons. The van der Waals surface area contributed by atoms with Gasteiger partial charge in [-0.05, 0) is 37.3 Å². The van der Waals surface area contributed by atoms with Gasteiger partial charge in [0.1, 0.15) is 0 Å². The van der Waals surface area contributed by atoms with Gasteiger partial charge >= 0.3 is 0 Å². The Kier molecular flexibility index (Phi) is 3.05. The minimum Gasteiger partial charge on any atom is -0.367 e. The number of aromatic nitrogens is 1. The van der Waals surface area contributed by atoms with Gasteiger partial charge in [-0.25, -0.2) is 0 Å². The minimum absolute atomic E-state index is 0.00788. The van der Waals surface area contributed by atoms with Crippen molar-refractivity contribution in [3.05, 3.63) is 53.9 Å². The Bertz CT molecular complexity index is 527. The van der Waals surface area contributed by atoms with E-state index in [0.717, 1.165) is 0 Å². The highest BCUT2D eigenvalue weighted by molar-refractivity contribution is 6.04. The molecule has 0 bridgehead atoms. The molecule has 4 nitrogen and oxygen atoms in total. The lowest BCUT2D eigenvalue weighted by Crippen LogP contribution is -2.10. The molecule has 1 aromatic heterocycles. The Labute approximate surface area is 98.7 Å². The van der Waals surface area contributed by atoms with Crippen LogP contribution in [-0.2, 0) is 0 Å². The third-order valence-corrected chi connectivity index (χ3v) is 2.41. The van der Waals surface area contributed by atoms with Gasteiger partial charge in [-0.15, -0.1) is 0 Å². The summed E-state index contributed by atoms with van der Waals surface area (Å²) >= 11 is 0. The normalized spacial score (nSPS) is 9.94. The average Bonchev–Trinajstić information content (AvgIpc) is 2.83. The number of aromatic amines is 1. The molecule has 2 aromatic rings. The number of carbonyl (C=O) groups excluding carboxylic acids is 2. The standard InChI is InChI=1S/C13H12N2O2/c1-9(16)10-2-4-12(5-3-10)15-13(17)11-6-7-14-8-11/h2-8,14H,1H3,(H,15,17). The summed E-state index contributed by atoms with van der Waals surface area (Å²) in [6.07, 6.45) is 3.31. The minimum atomic E-state index is -0.179. The summed E-state index contributed by atoms with van der Waals surface area (Å²) in [5.74, 6) is -0.171. The first-order valence-corrected chi connectivity index (χ1v) is 5.22. The van der Waals surface area contributed by atoms with Crippen molar-refractivity contribution in [1.29, 1.82) is 0 Å². The topological polar surface area (TPSA) is 62.0 Å². The number of Topliss-reactive ketones (excluding diaryl/α,β-unsaturated/α-hetero) is 1. The van der Waals surface area contributed by atoms with Crippen LogP contribution >= 0.6 is 0 Å². The summed E-state index contributed by atoms with van der Waals surface area (Å²) in [5, 5.41) is 2.74. The van der Waals surface area contributed by atoms with Crippen LogP contribution < -0.4 is 5.32 Å². The maximum Gasteiger partial charge on any atom is 0.257 e. The molecule has 0 spiro atoms. The number of ketones is 1. The van der Waals surface area contributed by atoms with Gasteiger partial charge in [0.25, 0.3) is 5.91 Å². The van der Waals surface area contributed by atoms with E-state index in [-0.39, 0.29) is 11.7 Å². The number of hydrogen-bond acceptors (Lipinski definition) is 2. The van der Waals surface area contributed by atoms with Crippen LogP contribution in [0.4, 0.5) is 5.69 Å². The van der Waals surface area contributed by atoms with Crippen LogP contribution in [0.1, 0.15) is 27.6 Å². The SMILES string of the molecule is CC(=O)c1ccc(NC(=O)c2cc[nH]c2)cc1. The van der Waals surface area contributed by atoms with Crippen molar-refractivity contribution in [3.8, 4) is 0 Å². The zero-order valence-electron chi connectivity index (χ0n) is 9.36. The van der Waals surface area contributed by atoms with Crippen molar-refractivity contribution >= 4 is 17.4 Å². The van der Waals surface area contributed by atoms with E-state index in [4.69, 9.17) is 0 Å². The second-order valence-corrected chi connectivity index (χ2v) is 3.69. The Morgan fingerprint density at radius 1 is 1.06 bits per heavy atom. The Hall–Kier alpha value is -2.36. The molecule has 2 N–H and O–H groups in total. The highest BCUT2D eigenvalue weighted by Crippen LogP contribution is 2.11. The molecule has 0 atom stereocenters. The molecule has 0 saturated carbocycles. The molecular formula is C13H12N2O2. The maximum atomic E-state index is 11.7. The number of hydrogen-bond donors (Lipinski definition) is 2. The lowest BCUT2D eigenvalue weighted by Gasteiger charge is -2.04. The molecule has 0 aliphatic carbocycles. The zero-order valence-corrected chi connectivity index (χ0v) is 9.36. The van der Waals surface area contributed by atoms with E-state index in [1.807, 2.05) is 0 Å². The molecule has 0 saturated heterocycles. The first-order valence-electron chi connectivity index (χ1n) is 5.22. The first-order chi connectivity index (χ1) is 8.16. The lowest BCUT2D eigenvalue weighted by atomic mass is 10.1. The molecule has 4 heteroatoms. The quantitative estimate of drug-likeness (QED) is 0.793. The van der Waals surface area contributed by atoms with Crippen molar-refractivity contribution in [2.24, 2.45) is 0 Å². The molecule has 0 fully saturated rings. The molecule has 1 aromatic carbocycles. The lowest BCUT2D eigenvalue weighted by molar-refractivity contribution is 0.101. The smallest absolute Gasteiger partial charge is 0.257 e. The van der Waals surface area contributed by atoms with Crippen molar-refractivity contribution in [1.82, 2.24) is 4.98 Å². The molecular weight excluding hydrogens is 216 g/mol. The third-order valence-electron chi connectivity index (χ3n) is 2.41. The Balaban J connectivity index is 2.09. The molecule has 0 radical (unpaired) electrons. The molecule has 0 aliphatic heterocycles. The fourth-order valence-corrected chi connectivity index (χ4v) is 1.46. The van der Waals surface area contributed by atoms with Gasteiger partial charge in [-0.2, -0.15) is 0 Å². The van der Waals surface area contributed by atoms with Gasteiger partial charge in [0, 0.05) is 23.6 Å². The molecule has 1 amide bonds. The average molecular weight is 228 g/mol. The van der Waals surface area contributed by atoms with Crippen molar-refractivity contribution in [2.75, 3.05) is 5.32 Å². The first kappa shape index (κ1) is 11.1. The molecule has 1 heterocycles. The van der Waals surface area contributed by atoms with E-state index in [1.165, 1.54) is 6.92 Å². The summed E-state index contributed by atoms with van der Waals surface area (Å²) in [4.78, 5) is 25.6. The molecule has 0 aliphatic rings. The number of carbonyl (C=O) groups is 2. The van der Waals surface area contributed by atoms with Gasteiger partial charge in [0.05, 0.1) is 5.56 Å². The summed E-state index contributed by atoms with van der Waals surface area (Å²) in [5.41, 5.74) is 1.87. The Morgan fingerprint density at radius 3 is 2.29 bits per heavy atom. The van der Waals surface area contributed by atoms with Crippen molar-refractivity contribution in [3.63, 3.8) is 0 Å². The van der Waals surface area contributed by atoms with Crippen LogP contribution in [0, 0.1) is 0 Å². The van der Waals surface area contributed by atoms with Crippen LogP contribution in [0.3, 0.4) is 0 Å². The van der Waals surface area contributed by atoms with E-state index in [2.05, 4.69) is 10.3 Å². The van der Waals surface area contributed by atoms with Crippen LogP contribution in [0.15, 0.2) is 42.7 Å². The van der Waals surface area contributed by atoms with E-state index in [1.54, 1.807) is 42.7 Å². The monoisotopic (exact) mass is 228 g/mol. The van der Waals surface area contributed by atoms with E-state index in [0.29, 0.717) is 16.8 Å². The number of anilines is 1. The van der Waals surface area contributed by atoms with E-state index < -0.39 is 0 Å². The number of amides is 1. The molecule has 0 unspecified atom stereocenters. The predicted molar refractivity (Wildman–Crippen MR) is 65.2 cm³/mol. The predicted octanol–water partition coefficient (Wildman–Crippen LogP) is 2.47. The van der Waals surface area contributed by atoms with E-state index in [9.17, 15) is 9.59 Å². The van der Waals surface area contributed by atoms with Crippen LogP contribution in [0.2, 0.25) is 0 Å². The van der Waals surface area contributed by atoms with Gasteiger partial charge in [0.2, 0.25) is 0 Å². The Morgan fingerprint density at radius 2 is 1.76 bits per heavy atom. The maximum absolute atomic E-state index is 11.7.